The molecule has 0 saturated heterocycles. The van der Waals surface area contributed by atoms with Crippen molar-refractivity contribution in [2.45, 2.75) is 6.54 Å². The van der Waals surface area contributed by atoms with Crippen molar-refractivity contribution in [2.24, 2.45) is 0 Å². The lowest BCUT2D eigenvalue weighted by Crippen LogP contribution is -2.11. The Morgan fingerprint density at radius 3 is 2.57 bits per heavy atom. The molecule has 76 valence electrons. The number of benzene rings is 1. The van der Waals surface area contributed by atoms with Crippen LogP contribution in [-0.4, -0.2) is 30.1 Å². The zero-order chi connectivity index (χ0) is 10.7. The highest BCUT2D eigenvalue weighted by Crippen LogP contribution is 2.16. The second kappa shape index (κ2) is 4.44. The van der Waals surface area contributed by atoms with Crippen molar-refractivity contribution in [1.29, 1.82) is 0 Å². The molecule has 0 aliphatic carbocycles. The lowest BCUT2D eigenvalue weighted by Gasteiger charge is -2.10. The number of rotatable bonds is 3. The van der Waals surface area contributed by atoms with Gasteiger partial charge in [-0.1, -0.05) is 11.6 Å². The Morgan fingerprint density at radius 2 is 2.07 bits per heavy atom. The van der Waals surface area contributed by atoms with Crippen molar-refractivity contribution in [2.75, 3.05) is 14.1 Å². The molecule has 0 saturated carbocycles. The molecule has 3 nitrogen and oxygen atoms in total. The van der Waals surface area contributed by atoms with E-state index in [-0.39, 0.29) is 5.56 Å². The maximum atomic E-state index is 10.7. The van der Waals surface area contributed by atoms with Gasteiger partial charge in [0.1, 0.15) is 0 Å². The molecule has 1 aromatic carbocycles. The second-order valence-corrected chi connectivity index (χ2v) is 3.83. The van der Waals surface area contributed by atoms with Crippen molar-refractivity contribution < 1.29 is 9.90 Å². The van der Waals surface area contributed by atoms with Crippen LogP contribution in [0.2, 0.25) is 5.02 Å². The number of carboxylic acid groups (broad SMARTS) is 1. The van der Waals surface area contributed by atoms with E-state index in [1.54, 1.807) is 12.1 Å². The van der Waals surface area contributed by atoms with E-state index in [1.165, 1.54) is 6.07 Å². The Hall–Kier alpha value is -1.06. The van der Waals surface area contributed by atoms with Crippen LogP contribution in [-0.2, 0) is 6.54 Å². The van der Waals surface area contributed by atoms with Crippen LogP contribution in [0.5, 0.6) is 0 Å². The van der Waals surface area contributed by atoms with Crippen LogP contribution in [0.25, 0.3) is 0 Å². The standard InChI is InChI=1S/C10H12ClNO2/c1-12(2)6-7-3-8(10(13)14)5-9(11)4-7/h3-5H,6H2,1-2H3,(H,13,14). The highest BCUT2D eigenvalue weighted by Gasteiger charge is 2.06. The molecule has 0 heterocycles. The minimum Gasteiger partial charge on any atom is -0.478 e. The number of carbonyl (C=O) groups is 1. The smallest absolute Gasteiger partial charge is 0.335 e. The van der Waals surface area contributed by atoms with Crippen molar-refractivity contribution >= 4 is 17.6 Å². The molecule has 14 heavy (non-hydrogen) atoms. The first-order valence-electron chi connectivity index (χ1n) is 4.16. The van der Waals surface area contributed by atoms with E-state index in [0.717, 1.165) is 5.56 Å². The first-order chi connectivity index (χ1) is 6.49. The number of hydrogen-bond acceptors (Lipinski definition) is 2. The quantitative estimate of drug-likeness (QED) is 0.836. The lowest BCUT2D eigenvalue weighted by atomic mass is 10.1. The van der Waals surface area contributed by atoms with Crippen molar-refractivity contribution in [3.8, 4) is 0 Å². The maximum Gasteiger partial charge on any atom is 0.335 e. The Morgan fingerprint density at radius 1 is 1.43 bits per heavy atom. The predicted octanol–water partition coefficient (Wildman–Crippen LogP) is 2.10. The highest BCUT2D eigenvalue weighted by atomic mass is 35.5. The molecule has 0 unspecified atom stereocenters. The summed E-state index contributed by atoms with van der Waals surface area (Å²) in [5.74, 6) is -0.951. The minimum atomic E-state index is -0.951. The summed E-state index contributed by atoms with van der Waals surface area (Å²) in [6, 6.07) is 4.85. The monoisotopic (exact) mass is 213 g/mol. The van der Waals surface area contributed by atoms with E-state index in [9.17, 15) is 4.79 Å². The average molecular weight is 214 g/mol. The summed E-state index contributed by atoms with van der Waals surface area (Å²) in [5.41, 5.74) is 1.13. The Balaban J connectivity index is 3.01. The highest BCUT2D eigenvalue weighted by molar-refractivity contribution is 6.31. The van der Waals surface area contributed by atoms with E-state index >= 15 is 0 Å². The molecule has 0 radical (unpaired) electrons. The van der Waals surface area contributed by atoms with Crippen LogP contribution in [0, 0.1) is 0 Å². The first-order valence-corrected chi connectivity index (χ1v) is 4.54. The topological polar surface area (TPSA) is 40.5 Å². The number of halogens is 1. The van der Waals surface area contributed by atoms with E-state index in [1.807, 2.05) is 19.0 Å². The van der Waals surface area contributed by atoms with Gasteiger partial charge in [0.15, 0.2) is 0 Å². The molecule has 1 aromatic rings. The normalized spacial score (nSPS) is 10.6. The molecule has 1 N–H and O–H groups in total. The summed E-state index contributed by atoms with van der Waals surface area (Å²) in [6.07, 6.45) is 0. The number of carboxylic acids is 1. The minimum absolute atomic E-state index is 0.231. The van der Waals surface area contributed by atoms with Gasteiger partial charge in [0.2, 0.25) is 0 Å². The summed E-state index contributed by atoms with van der Waals surface area (Å²) in [5, 5.41) is 9.26. The number of nitrogens with zero attached hydrogens (tertiary/aromatic N) is 1. The first kappa shape index (κ1) is 11.0. The van der Waals surface area contributed by atoms with Gasteiger partial charge in [-0.3, -0.25) is 0 Å². The number of aromatic carboxylic acids is 1. The van der Waals surface area contributed by atoms with Gasteiger partial charge in [0.25, 0.3) is 0 Å². The zero-order valence-corrected chi connectivity index (χ0v) is 8.88. The Labute approximate surface area is 87.9 Å². The Bertz CT molecular complexity index is 350. The van der Waals surface area contributed by atoms with Crippen LogP contribution in [0.4, 0.5) is 0 Å². The Kier molecular flexibility index (Phi) is 3.49. The maximum absolute atomic E-state index is 10.7. The molecule has 0 aliphatic rings. The van der Waals surface area contributed by atoms with E-state index in [2.05, 4.69) is 0 Å². The fraction of sp³-hybridized carbons (Fsp3) is 0.300. The van der Waals surface area contributed by atoms with E-state index < -0.39 is 5.97 Å². The van der Waals surface area contributed by atoms with Crippen LogP contribution in [0.1, 0.15) is 15.9 Å². The van der Waals surface area contributed by atoms with Crippen molar-refractivity contribution in [1.82, 2.24) is 4.90 Å². The summed E-state index contributed by atoms with van der Waals surface area (Å²) < 4.78 is 0. The fourth-order valence-electron chi connectivity index (χ4n) is 1.23. The third-order valence-corrected chi connectivity index (χ3v) is 1.92. The van der Waals surface area contributed by atoms with Crippen LogP contribution < -0.4 is 0 Å². The third kappa shape index (κ3) is 3.01. The molecule has 0 aliphatic heterocycles. The molecular weight excluding hydrogens is 202 g/mol. The second-order valence-electron chi connectivity index (χ2n) is 3.39. The summed E-state index contributed by atoms with van der Waals surface area (Å²) >= 11 is 5.80. The fourth-order valence-corrected chi connectivity index (χ4v) is 1.49. The molecular formula is C10H12ClNO2. The molecule has 0 atom stereocenters. The van der Waals surface area contributed by atoms with E-state index in [4.69, 9.17) is 16.7 Å². The molecule has 4 heteroatoms. The average Bonchev–Trinajstić information content (AvgIpc) is 2.01. The zero-order valence-electron chi connectivity index (χ0n) is 8.12. The summed E-state index contributed by atoms with van der Waals surface area (Å²) in [7, 11) is 3.84. The summed E-state index contributed by atoms with van der Waals surface area (Å²) in [6.45, 7) is 0.681. The van der Waals surface area contributed by atoms with Gasteiger partial charge in [-0.25, -0.2) is 4.79 Å². The van der Waals surface area contributed by atoms with Gasteiger partial charge in [-0.15, -0.1) is 0 Å². The molecule has 0 amide bonds. The van der Waals surface area contributed by atoms with Gasteiger partial charge in [0, 0.05) is 11.6 Å². The number of hydrogen-bond donors (Lipinski definition) is 1. The predicted molar refractivity (Wildman–Crippen MR) is 55.8 cm³/mol. The largest absolute Gasteiger partial charge is 0.478 e. The SMILES string of the molecule is CN(C)Cc1cc(Cl)cc(C(=O)O)c1. The van der Waals surface area contributed by atoms with Crippen molar-refractivity contribution in [3.05, 3.63) is 34.3 Å². The summed E-state index contributed by atoms with van der Waals surface area (Å²) in [4.78, 5) is 12.7. The molecule has 1 rings (SSSR count). The lowest BCUT2D eigenvalue weighted by molar-refractivity contribution is 0.0696. The van der Waals surface area contributed by atoms with E-state index in [0.29, 0.717) is 11.6 Å². The van der Waals surface area contributed by atoms with Gasteiger partial charge < -0.3 is 10.0 Å². The molecule has 0 aromatic heterocycles. The van der Waals surface area contributed by atoms with Gasteiger partial charge in [-0.2, -0.15) is 0 Å². The van der Waals surface area contributed by atoms with Crippen molar-refractivity contribution in [3.63, 3.8) is 0 Å². The molecule has 0 bridgehead atoms. The van der Waals surface area contributed by atoms with Gasteiger partial charge in [-0.05, 0) is 37.9 Å². The van der Waals surface area contributed by atoms with Crippen LogP contribution >= 0.6 is 11.6 Å². The molecule has 0 spiro atoms. The van der Waals surface area contributed by atoms with Crippen LogP contribution in [0.15, 0.2) is 18.2 Å². The van der Waals surface area contributed by atoms with Gasteiger partial charge in [0.05, 0.1) is 5.56 Å². The molecule has 0 fully saturated rings. The van der Waals surface area contributed by atoms with Crippen LogP contribution in [0.3, 0.4) is 0 Å². The third-order valence-electron chi connectivity index (χ3n) is 1.70. The van der Waals surface area contributed by atoms with Gasteiger partial charge >= 0.3 is 5.97 Å².